The fourth-order valence-electron chi connectivity index (χ4n) is 2.22. The number of imidazole rings is 1. The molecular weight excluding hydrogens is 248 g/mol. The number of H-pyrrole nitrogens is 1. The molecule has 0 aliphatic heterocycles. The summed E-state index contributed by atoms with van der Waals surface area (Å²) in [6.45, 7) is 4.19. The summed E-state index contributed by atoms with van der Waals surface area (Å²) in [7, 11) is 0. The summed E-state index contributed by atoms with van der Waals surface area (Å²) >= 11 is 0. The van der Waals surface area contributed by atoms with Crippen molar-refractivity contribution in [2.24, 2.45) is 0 Å². The monoisotopic (exact) mass is 264 g/mol. The molecule has 1 atom stereocenters. The number of nitrogens with zero attached hydrogens (tertiary/aromatic N) is 1. The van der Waals surface area contributed by atoms with Crippen LogP contribution in [0.1, 0.15) is 17.5 Å². The summed E-state index contributed by atoms with van der Waals surface area (Å²) in [6, 6.07) is 18.1. The van der Waals surface area contributed by atoms with Crippen LogP contribution in [0.25, 0.3) is 11.0 Å². The SMILES string of the molecule is C=CCOC(c1ccccc1)c1nc2ccccc2[nH]1. The van der Waals surface area contributed by atoms with E-state index in [9.17, 15) is 0 Å². The molecule has 0 radical (unpaired) electrons. The van der Waals surface area contributed by atoms with Gasteiger partial charge in [-0.05, 0) is 17.7 Å². The van der Waals surface area contributed by atoms with Crippen molar-refractivity contribution in [1.82, 2.24) is 9.97 Å². The zero-order valence-electron chi connectivity index (χ0n) is 11.1. The van der Waals surface area contributed by atoms with E-state index < -0.39 is 0 Å². The number of rotatable bonds is 5. The minimum Gasteiger partial charge on any atom is -0.361 e. The van der Waals surface area contributed by atoms with Gasteiger partial charge >= 0.3 is 0 Å². The smallest absolute Gasteiger partial charge is 0.141 e. The molecule has 3 aromatic rings. The Morgan fingerprint density at radius 1 is 1.10 bits per heavy atom. The minimum atomic E-state index is -0.207. The molecule has 1 aromatic heterocycles. The Labute approximate surface area is 117 Å². The van der Waals surface area contributed by atoms with Gasteiger partial charge in [0.05, 0.1) is 17.6 Å². The van der Waals surface area contributed by atoms with Gasteiger partial charge in [-0.25, -0.2) is 4.98 Å². The van der Waals surface area contributed by atoms with Gasteiger partial charge in [0.15, 0.2) is 0 Å². The predicted octanol–water partition coefficient (Wildman–Crippen LogP) is 3.85. The molecule has 0 fully saturated rings. The second kappa shape index (κ2) is 5.72. The molecule has 0 amide bonds. The number of nitrogens with one attached hydrogen (secondary N) is 1. The first kappa shape index (κ1) is 12.6. The summed E-state index contributed by atoms with van der Waals surface area (Å²) in [6.07, 6.45) is 1.54. The Morgan fingerprint density at radius 2 is 1.85 bits per heavy atom. The van der Waals surface area contributed by atoms with Crippen LogP contribution in [0, 0.1) is 0 Å². The van der Waals surface area contributed by atoms with E-state index in [4.69, 9.17) is 4.74 Å². The number of aromatic amines is 1. The van der Waals surface area contributed by atoms with Crippen molar-refractivity contribution in [3.8, 4) is 0 Å². The topological polar surface area (TPSA) is 37.9 Å². The highest BCUT2D eigenvalue weighted by atomic mass is 16.5. The Bertz CT molecular complexity index is 670. The van der Waals surface area contributed by atoms with Crippen LogP contribution in [-0.2, 0) is 4.74 Å². The molecule has 1 unspecified atom stereocenters. The lowest BCUT2D eigenvalue weighted by Crippen LogP contribution is -2.08. The van der Waals surface area contributed by atoms with Crippen molar-refractivity contribution >= 4 is 11.0 Å². The van der Waals surface area contributed by atoms with Gasteiger partial charge in [0.2, 0.25) is 0 Å². The number of hydrogen-bond acceptors (Lipinski definition) is 2. The van der Waals surface area contributed by atoms with E-state index in [1.165, 1.54) is 0 Å². The third kappa shape index (κ3) is 2.49. The van der Waals surface area contributed by atoms with Gasteiger partial charge in [-0.15, -0.1) is 6.58 Å². The average Bonchev–Trinajstić information content (AvgIpc) is 2.92. The molecule has 1 N–H and O–H groups in total. The molecule has 0 spiro atoms. The molecule has 2 aromatic carbocycles. The molecule has 100 valence electrons. The summed E-state index contributed by atoms with van der Waals surface area (Å²) in [5, 5.41) is 0. The van der Waals surface area contributed by atoms with Gasteiger partial charge < -0.3 is 9.72 Å². The Kier molecular flexibility index (Phi) is 3.61. The normalized spacial score (nSPS) is 12.4. The Morgan fingerprint density at radius 3 is 2.60 bits per heavy atom. The van der Waals surface area contributed by atoms with Gasteiger partial charge in [-0.2, -0.15) is 0 Å². The van der Waals surface area contributed by atoms with E-state index in [-0.39, 0.29) is 6.10 Å². The van der Waals surface area contributed by atoms with E-state index in [2.05, 4.69) is 16.5 Å². The fourth-order valence-corrected chi connectivity index (χ4v) is 2.22. The van der Waals surface area contributed by atoms with E-state index in [0.717, 1.165) is 22.4 Å². The van der Waals surface area contributed by atoms with Gasteiger partial charge in [0.25, 0.3) is 0 Å². The lowest BCUT2D eigenvalue weighted by atomic mass is 10.1. The third-order valence-electron chi connectivity index (χ3n) is 3.14. The molecule has 0 aliphatic carbocycles. The van der Waals surface area contributed by atoms with Crippen LogP contribution >= 0.6 is 0 Å². The number of benzene rings is 2. The van der Waals surface area contributed by atoms with Crippen LogP contribution in [0.5, 0.6) is 0 Å². The van der Waals surface area contributed by atoms with E-state index in [1.807, 2.05) is 54.6 Å². The molecule has 1 heterocycles. The van der Waals surface area contributed by atoms with Gasteiger partial charge in [0.1, 0.15) is 11.9 Å². The number of fused-ring (bicyclic) bond motifs is 1. The molecule has 3 nitrogen and oxygen atoms in total. The maximum atomic E-state index is 5.88. The third-order valence-corrected chi connectivity index (χ3v) is 3.14. The molecule has 0 saturated carbocycles. The first-order valence-corrected chi connectivity index (χ1v) is 6.60. The van der Waals surface area contributed by atoms with Gasteiger partial charge in [-0.1, -0.05) is 48.5 Å². The van der Waals surface area contributed by atoms with Crippen LogP contribution in [0.4, 0.5) is 0 Å². The summed E-state index contributed by atoms with van der Waals surface area (Å²) in [5.74, 6) is 0.819. The van der Waals surface area contributed by atoms with Crippen molar-refractivity contribution in [3.05, 3.63) is 78.6 Å². The summed E-state index contributed by atoms with van der Waals surface area (Å²) in [5.41, 5.74) is 3.05. The summed E-state index contributed by atoms with van der Waals surface area (Å²) < 4.78 is 5.88. The molecule has 20 heavy (non-hydrogen) atoms. The van der Waals surface area contributed by atoms with E-state index in [1.54, 1.807) is 6.08 Å². The molecular formula is C17H16N2O. The molecule has 0 bridgehead atoms. The van der Waals surface area contributed by atoms with Crippen molar-refractivity contribution in [3.63, 3.8) is 0 Å². The average molecular weight is 264 g/mol. The zero-order chi connectivity index (χ0) is 13.8. The molecule has 3 rings (SSSR count). The number of aromatic nitrogens is 2. The second-order valence-electron chi connectivity index (χ2n) is 4.55. The maximum absolute atomic E-state index is 5.88. The van der Waals surface area contributed by atoms with Crippen molar-refractivity contribution in [2.75, 3.05) is 6.61 Å². The number of hydrogen-bond donors (Lipinski definition) is 1. The first-order chi connectivity index (χ1) is 9.88. The fraction of sp³-hybridized carbons (Fsp3) is 0.118. The lowest BCUT2D eigenvalue weighted by Gasteiger charge is -2.15. The van der Waals surface area contributed by atoms with Crippen molar-refractivity contribution in [1.29, 1.82) is 0 Å². The van der Waals surface area contributed by atoms with Crippen LogP contribution < -0.4 is 0 Å². The lowest BCUT2D eigenvalue weighted by molar-refractivity contribution is 0.0986. The Balaban J connectivity index is 2.02. The highest BCUT2D eigenvalue weighted by Gasteiger charge is 2.18. The van der Waals surface area contributed by atoms with Crippen LogP contribution in [-0.4, -0.2) is 16.6 Å². The molecule has 0 aliphatic rings. The van der Waals surface area contributed by atoms with Gasteiger partial charge in [-0.3, -0.25) is 0 Å². The predicted molar refractivity (Wildman–Crippen MR) is 80.5 cm³/mol. The minimum absolute atomic E-state index is 0.207. The highest BCUT2D eigenvalue weighted by molar-refractivity contribution is 5.74. The second-order valence-corrected chi connectivity index (χ2v) is 4.55. The standard InChI is InChI=1S/C17H16N2O/c1-2-12-20-16(13-8-4-3-5-9-13)17-18-14-10-6-7-11-15(14)19-17/h2-11,16H,1,12H2,(H,18,19). The van der Waals surface area contributed by atoms with Crippen LogP contribution in [0.2, 0.25) is 0 Å². The van der Waals surface area contributed by atoms with Crippen LogP contribution in [0.15, 0.2) is 67.3 Å². The highest BCUT2D eigenvalue weighted by Crippen LogP contribution is 2.25. The van der Waals surface area contributed by atoms with Crippen LogP contribution in [0.3, 0.4) is 0 Å². The maximum Gasteiger partial charge on any atom is 0.141 e. The number of ether oxygens (including phenoxy) is 1. The Hall–Kier alpha value is -2.39. The zero-order valence-corrected chi connectivity index (χ0v) is 11.1. The molecule has 0 saturated heterocycles. The van der Waals surface area contributed by atoms with E-state index >= 15 is 0 Å². The first-order valence-electron chi connectivity index (χ1n) is 6.60. The summed E-state index contributed by atoms with van der Waals surface area (Å²) in [4.78, 5) is 7.96. The molecule has 3 heteroatoms. The van der Waals surface area contributed by atoms with E-state index in [0.29, 0.717) is 6.61 Å². The van der Waals surface area contributed by atoms with Gasteiger partial charge in [0, 0.05) is 0 Å². The number of para-hydroxylation sites is 2. The van der Waals surface area contributed by atoms with Crippen molar-refractivity contribution < 1.29 is 4.74 Å². The quantitative estimate of drug-likeness (QED) is 0.711. The largest absolute Gasteiger partial charge is 0.361 e. The van der Waals surface area contributed by atoms with Crippen molar-refractivity contribution in [2.45, 2.75) is 6.10 Å².